The van der Waals surface area contributed by atoms with Crippen LogP contribution in [0.1, 0.15) is 14.5 Å². The number of H-pyrrole nitrogens is 1. The maximum atomic E-state index is 12.8. The van der Waals surface area contributed by atoms with E-state index >= 15 is 0 Å². The van der Waals surface area contributed by atoms with Crippen molar-refractivity contribution in [1.29, 1.82) is 0 Å². The zero-order valence-corrected chi connectivity index (χ0v) is 14.9. The smallest absolute Gasteiger partial charge is 0.274 e. The Morgan fingerprint density at radius 2 is 1.96 bits per heavy atom. The van der Waals surface area contributed by atoms with Gasteiger partial charge in [0.2, 0.25) is 10.0 Å². The normalized spacial score (nSPS) is 16.3. The minimum absolute atomic E-state index is 0.182. The van der Waals surface area contributed by atoms with Gasteiger partial charge < -0.3 is 5.73 Å². The van der Waals surface area contributed by atoms with E-state index in [4.69, 9.17) is 5.73 Å². The Morgan fingerprint density at radius 1 is 1.25 bits per heavy atom. The minimum Gasteiger partial charge on any atom is -0.365 e. The lowest BCUT2D eigenvalue weighted by molar-refractivity contribution is -0.364. The molecule has 0 aliphatic carbocycles. The van der Waals surface area contributed by atoms with Crippen molar-refractivity contribution >= 4 is 33.1 Å². The lowest BCUT2D eigenvalue weighted by Crippen LogP contribution is -2.49. The van der Waals surface area contributed by atoms with E-state index in [1.54, 1.807) is 6.92 Å². The molecule has 0 aromatic carbocycles. The molecule has 1 fully saturated rings. The van der Waals surface area contributed by atoms with Gasteiger partial charge in [-0.05, 0) is 19.1 Å². The maximum Gasteiger partial charge on any atom is 0.274 e. The molecule has 1 amide bonds. The van der Waals surface area contributed by atoms with Gasteiger partial charge in [0, 0.05) is 10.9 Å². The first kappa shape index (κ1) is 16.9. The summed E-state index contributed by atoms with van der Waals surface area (Å²) in [6, 6.07) is 7.19. The van der Waals surface area contributed by atoms with Gasteiger partial charge in [0.15, 0.2) is 0 Å². The fraction of sp³-hybridized carbons (Fsp3) is 0.333. The fourth-order valence-corrected chi connectivity index (χ4v) is 5.57. The number of nitrogens with two attached hydrogens (primary N) is 1. The summed E-state index contributed by atoms with van der Waals surface area (Å²) in [6.45, 7) is 3.69. The molecule has 1 saturated heterocycles. The van der Waals surface area contributed by atoms with Gasteiger partial charge >= 0.3 is 0 Å². The van der Waals surface area contributed by atoms with Crippen LogP contribution in [-0.2, 0) is 10.0 Å². The van der Waals surface area contributed by atoms with E-state index in [1.165, 1.54) is 10.4 Å². The van der Waals surface area contributed by atoms with E-state index < -0.39 is 15.9 Å². The summed E-state index contributed by atoms with van der Waals surface area (Å²) in [5.74, 6) is 0.367. The molecule has 1 aliphatic heterocycles. The lowest BCUT2D eigenvalue weighted by Gasteiger charge is -2.30. The molecule has 0 spiro atoms. The Hall–Kier alpha value is -1.97. The number of pyridine rings is 1. The van der Waals surface area contributed by atoms with Gasteiger partial charge in [-0.1, -0.05) is 6.07 Å². The number of thiophene rings is 1. The summed E-state index contributed by atoms with van der Waals surface area (Å²) in [5.41, 5.74) is 5.25. The molecule has 3 N–H and O–H groups in total. The van der Waals surface area contributed by atoms with Crippen LogP contribution in [0.25, 0.3) is 0 Å². The lowest BCUT2D eigenvalue weighted by atomic mass is 10.3. The van der Waals surface area contributed by atoms with E-state index in [9.17, 15) is 13.2 Å². The Balaban J connectivity index is 1.77. The van der Waals surface area contributed by atoms with E-state index in [0.29, 0.717) is 31.1 Å². The number of aromatic nitrogens is 1. The van der Waals surface area contributed by atoms with Gasteiger partial charge in [-0.3, -0.25) is 9.69 Å². The number of aryl methyl sites for hydroxylation is 1. The third kappa shape index (κ3) is 3.14. The van der Waals surface area contributed by atoms with Gasteiger partial charge in [0.05, 0.1) is 42.1 Å². The molecule has 3 heterocycles. The largest absolute Gasteiger partial charge is 0.365 e. The second-order valence-electron chi connectivity index (χ2n) is 5.53. The summed E-state index contributed by atoms with van der Waals surface area (Å²) < 4.78 is 27.1. The molecular formula is C15H19N4O3S2+. The van der Waals surface area contributed by atoms with E-state index in [2.05, 4.69) is 9.88 Å². The third-order valence-electron chi connectivity index (χ3n) is 4.00. The molecule has 0 radical (unpaired) electrons. The average molecular weight is 367 g/mol. The molecule has 7 nitrogen and oxygen atoms in total. The van der Waals surface area contributed by atoms with Crippen molar-refractivity contribution in [2.24, 2.45) is 5.73 Å². The zero-order chi connectivity index (χ0) is 17.3. The summed E-state index contributed by atoms with van der Waals surface area (Å²) in [4.78, 5) is 17.6. The second-order valence-corrected chi connectivity index (χ2v) is 8.70. The van der Waals surface area contributed by atoms with Gasteiger partial charge in [-0.2, -0.15) is 4.31 Å². The number of rotatable bonds is 4. The average Bonchev–Trinajstić information content (AvgIpc) is 2.99. The first-order valence-electron chi connectivity index (χ1n) is 7.51. The van der Waals surface area contributed by atoms with Crippen molar-refractivity contribution in [3.63, 3.8) is 0 Å². The van der Waals surface area contributed by atoms with Crippen LogP contribution in [0.3, 0.4) is 0 Å². The van der Waals surface area contributed by atoms with Crippen LogP contribution in [0.5, 0.6) is 0 Å². The maximum absolute atomic E-state index is 12.8. The SMILES string of the molecule is Cc1sc(C(N)=O)cc1S(=O)(=O)N1CCN(c2cccc[nH+]2)CC1. The van der Waals surface area contributed by atoms with E-state index in [0.717, 1.165) is 17.2 Å². The van der Waals surface area contributed by atoms with Crippen molar-refractivity contribution in [2.45, 2.75) is 11.8 Å². The Bertz CT molecular complexity index is 841. The van der Waals surface area contributed by atoms with Gasteiger partial charge in [0.1, 0.15) is 0 Å². The highest BCUT2D eigenvalue weighted by Gasteiger charge is 2.33. The molecule has 0 unspecified atom stereocenters. The van der Waals surface area contributed by atoms with Crippen LogP contribution >= 0.6 is 11.3 Å². The molecule has 128 valence electrons. The van der Waals surface area contributed by atoms with Gasteiger partial charge in [-0.15, -0.1) is 11.3 Å². The number of hydrogen-bond donors (Lipinski definition) is 1. The number of aromatic amines is 1. The van der Waals surface area contributed by atoms with Crippen molar-refractivity contribution < 1.29 is 18.2 Å². The summed E-state index contributed by atoms with van der Waals surface area (Å²) in [5, 5.41) is 0. The molecule has 24 heavy (non-hydrogen) atoms. The Labute approximate surface area is 144 Å². The number of carbonyl (C=O) groups is 1. The highest BCUT2D eigenvalue weighted by atomic mass is 32.2. The molecule has 9 heteroatoms. The molecule has 2 aromatic rings. The van der Waals surface area contributed by atoms with Gasteiger partial charge in [-0.25, -0.2) is 13.4 Å². The molecule has 0 bridgehead atoms. The molecule has 3 rings (SSSR count). The Kier molecular flexibility index (Phi) is 4.57. The fourth-order valence-electron chi connectivity index (χ4n) is 2.73. The molecule has 1 aliphatic rings. The standard InChI is InChI=1S/C15H18N4O3S2/c1-11-13(10-12(23-11)15(16)20)24(21,22)19-8-6-18(7-9-19)14-4-2-3-5-17-14/h2-5,10H,6-9H2,1H3,(H2,16,20)/p+1. The molecular weight excluding hydrogens is 348 g/mol. The second kappa shape index (κ2) is 6.50. The number of primary amides is 1. The van der Waals surface area contributed by atoms with Crippen molar-refractivity contribution in [3.8, 4) is 0 Å². The van der Waals surface area contributed by atoms with Crippen molar-refractivity contribution in [2.75, 3.05) is 31.1 Å². The van der Waals surface area contributed by atoms with Crippen LogP contribution in [0, 0.1) is 6.92 Å². The number of piperazine rings is 1. The number of nitrogens with zero attached hydrogens (tertiary/aromatic N) is 2. The van der Waals surface area contributed by atoms with Gasteiger partial charge in [0.25, 0.3) is 11.7 Å². The number of carbonyl (C=O) groups excluding carboxylic acids is 1. The molecule has 0 atom stereocenters. The van der Waals surface area contributed by atoms with E-state index in [-0.39, 0.29) is 9.77 Å². The van der Waals surface area contributed by atoms with E-state index in [1.807, 2.05) is 24.4 Å². The quantitative estimate of drug-likeness (QED) is 0.850. The highest BCUT2D eigenvalue weighted by molar-refractivity contribution is 7.89. The summed E-state index contributed by atoms with van der Waals surface area (Å²) >= 11 is 1.11. The number of anilines is 1. The number of hydrogen-bond acceptors (Lipinski definition) is 5. The highest BCUT2D eigenvalue weighted by Crippen LogP contribution is 2.28. The first-order valence-corrected chi connectivity index (χ1v) is 9.77. The number of sulfonamides is 1. The zero-order valence-electron chi connectivity index (χ0n) is 13.2. The van der Waals surface area contributed by atoms with Crippen LogP contribution in [0.4, 0.5) is 5.82 Å². The third-order valence-corrected chi connectivity index (χ3v) is 7.22. The summed E-state index contributed by atoms with van der Waals surface area (Å²) in [7, 11) is -3.61. The van der Waals surface area contributed by atoms with Crippen LogP contribution in [0.15, 0.2) is 35.4 Å². The predicted octanol–water partition coefficient (Wildman–Crippen LogP) is 0.480. The van der Waals surface area contributed by atoms with Crippen LogP contribution in [-0.4, -0.2) is 44.8 Å². The predicted molar refractivity (Wildman–Crippen MR) is 91.5 cm³/mol. The summed E-state index contributed by atoms with van der Waals surface area (Å²) in [6.07, 6.45) is 1.85. The number of amides is 1. The van der Waals surface area contributed by atoms with Crippen molar-refractivity contribution in [3.05, 3.63) is 40.2 Å². The monoisotopic (exact) mass is 367 g/mol. The minimum atomic E-state index is -3.61. The molecule has 2 aromatic heterocycles. The number of nitrogens with one attached hydrogen (secondary N) is 1. The molecule has 0 saturated carbocycles. The topological polar surface area (TPSA) is 97.8 Å². The van der Waals surface area contributed by atoms with Crippen LogP contribution < -0.4 is 15.6 Å². The Morgan fingerprint density at radius 3 is 2.50 bits per heavy atom. The van der Waals surface area contributed by atoms with Crippen LogP contribution in [0.2, 0.25) is 0 Å². The first-order chi connectivity index (χ1) is 11.4. The van der Waals surface area contributed by atoms with Crippen molar-refractivity contribution in [1.82, 2.24) is 4.31 Å².